The molecule has 2 aromatic rings. The molecule has 4 nitrogen and oxygen atoms in total. The molecule has 98 valence electrons. The molecular formula is C13H18ClN3O. The number of halogens is 1. The van der Waals surface area contributed by atoms with E-state index in [0.29, 0.717) is 5.22 Å². The molecule has 0 radical (unpaired) electrons. The third-order valence-electron chi connectivity index (χ3n) is 2.82. The van der Waals surface area contributed by atoms with Crippen LogP contribution in [0.25, 0.3) is 0 Å². The Bertz CT molecular complexity index is 492. The summed E-state index contributed by atoms with van der Waals surface area (Å²) in [7, 11) is 0. The zero-order valence-corrected chi connectivity index (χ0v) is 11.4. The lowest BCUT2D eigenvalue weighted by Crippen LogP contribution is -2.25. The van der Waals surface area contributed by atoms with Gasteiger partial charge in [-0.15, -0.1) is 0 Å². The number of aromatic nitrogens is 2. The normalized spacial score (nSPS) is 12.8. The molecule has 1 N–H and O–H groups in total. The molecule has 0 aliphatic heterocycles. The van der Waals surface area contributed by atoms with Crippen molar-refractivity contribution in [1.29, 1.82) is 0 Å². The third-order valence-corrected chi connectivity index (χ3v) is 3.03. The molecule has 1 atom stereocenters. The van der Waals surface area contributed by atoms with Gasteiger partial charge in [0.15, 0.2) is 5.22 Å². The number of hydrogen-bond acceptors (Lipinski definition) is 3. The van der Waals surface area contributed by atoms with Crippen molar-refractivity contribution < 1.29 is 4.42 Å². The number of aryl methyl sites for hydroxylation is 1. The van der Waals surface area contributed by atoms with Gasteiger partial charge in [0.2, 0.25) is 0 Å². The van der Waals surface area contributed by atoms with Gasteiger partial charge in [0, 0.05) is 18.9 Å². The molecule has 1 unspecified atom stereocenters. The fourth-order valence-electron chi connectivity index (χ4n) is 1.94. The molecule has 0 aromatic carbocycles. The van der Waals surface area contributed by atoms with E-state index in [1.54, 1.807) is 6.07 Å². The third kappa shape index (κ3) is 2.76. The molecule has 2 aromatic heterocycles. The number of rotatable bonds is 6. The second-order valence-electron chi connectivity index (χ2n) is 4.10. The number of hydrogen-bond donors (Lipinski definition) is 1. The average molecular weight is 268 g/mol. The molecule has 0 saturated heterocycles. The predicted octanol–water partition coefficient (Wildman–Crippen LogP) is 3.24. The molecule has 0 aliphatic rings. The summed E-state index contributed by atoms with van der Waals surface area (Å²) in [6, 6.07) is 3.61. The first-order chi connectivity index (χ1) is 8.76. The standard InChI is InChI=1S/C13H18ClN3O/c1-3-7-15-12(10-5-6-11(14)18-10)13-16-8-9-17(13)4-2/h5-6,8-9,12,15H,3-4,7H2,1-2H3. The van der Waals surface area contributed by atoms with E-state index in [9.17, 15) is 0 Å². The molecular weight excluding hydrogens is 250 g/mol. The fourth-order valence-corrected chi connectivity index (χ4v) is 2.09. The Labute approximate surface area is 112 Å². The van der Waals surface area contributed by atoms with Gasteiger partial charge in [-0.05, 0) is 43.6 Å². The lowest BCUT2D eigenvalue weighted by atomic mass is 10.2. The first kappa shape index (κ1) is 13.2. The topological polar surface area (TPSA) is 43.0 Å². The van der Waals surface area contributed by atoms with Crippen molar-refractivity contribution in [2.75, 3.05) is 6.54 Å². The summed E-state index contributed by atoms with van der Waals surface area (Å²) in [6.07, 6.45) is 4.84. The van der Waals surface area contributed by atoms with Crippen LogP contribution < -0.4 is 5.32 Å². The Morgan fingerprint density at radius 3 is 2.89 bits per heavy atom. The highest BCUT2D eigenvalue weighted by molar-refractivity contribution is 6.28. The lowest BCUT2D eigenvalue weighted by molar-refractivity contribution is 0.428. The van der Waals surface area contributed by atoms with Gasteiger partial charge in [-0.3, -0.25) is 0 Å². The van der Waals surface area contributed by atoms with E-state index in [1.165, 1.54) is 0 Å². The maximum atomic E-state index is 5.85. The minimum atomic E-state index is -0.0487. The summed E-state index contributed by atoms with van der Waals surface area (Å²) in [6.45, 7) is 6.01. The van der Waals surface area contributed by atoms with Crippen molar-refractivity contribution in [3.05, 3.63) is 41.3 Å². The molecule has 0 saturated carbocycles. The van der Waals surface area contributed by atoms with Crippen LogP contribution in [0.2, 0.25) is 5.22 Å². The van der Waals surface area contributed by atoms with E-state index >= 15 is 0 Å². The number of nitrogens with one attached hydrogen (secondary N) is 1. The van der Waals surface area contributed by atoms with Gasteiger partial charge >= 0.3 is 0 Å². The van der Waals surface area contributed by atoms with E-state index in [1.807, 2.05) is 18.5 Å². The summed E-state index contributed by atoms with van der Waals surface area (Å²) in [4.78, 5) is 4.42. The van der Waals surface area contributed by atoms with Crippen LogP contribution in [0.15, 0.2) is 28.9 Å². The van der Waals surface area contributed by atoms with Crippen molar-refractivity contribution in [2.45, 2.75) is 32.9 Å². The van der Waals surface area contributed by atoms with E-state index in [-0.39, 0.29) is 6.04 Å². The summed E-state index contributed by atoms with van der Waals surface area (Å²) in [5.41, 5.74) is 0. The first-order valence-corrected chi connectivity index (χ1v) is 6.63. The van der Waals surface area contributed by atoms with Gasteiger partial charge in [0.1, 0.15) is 17.6 Å². The number of furan rings is 1. The van der Waals surface area contributed by atoms with Gasteiger partial charge in [0.05, 0.1) is 0 Å². The highest BCUT2D eigenvalue weighted by Gasteiger charge is 2.21. The summed E-state index contributed by atoms with van der Waals surface area (Å²) < 4.78 is 7.62. The lowest BCUT2D eigenvalue weighted by Gasteiger charge is -2.17. The van der Waals surface area contributed by atoms with Gasteiger partial charge in [-0.1, -0.05) is 6.92 Å². The van der Waals surface area contributed by atoms with Gasteiger partial charge < -0.3 is 14.3 Å². The maximum Gasteiger partial charge on any atom is 0.193 e. The predicted molar refractivity (Wildman–Crippen MR) is 71.8 cm³/mol. The molecule has 5 heteroatoms. The molecule has 2 heterocycles. The highest BCUT2D eigenvalue weighted by atomic mass is 35.5. The zero-order valence-electron chi connectivity index (χ0n) is 10.7. The molecule has 0 aliphatic carbocycles. The highest BCUT2D eigenvalue weighted by Crippen LogP contribution is 2.25. The Hall–Kier alpha value is -1.26. The van der Waals surface area contributed by atoms with Gasteiger partial charge in [-0.2, -0.15) is 0 Å². The fraction of sp³-hybridized carbons (Fsp3) is 0.462. The molecule has 0 spiro atoms. The van der Waals surface area contributed by atoms with E-state index in [0.717, 1.165) is 31.1 Å². The van der Waals surface area contributed by atoms with Crippen molar-refractivity contribution in [2.24, 2.45) is 0 Å². The largest absolute Gasteiger partial charge is 0.448 e. The summed E-state index contributed by atoms with van der Waals surface area (Å²) >= 11 is 5.85. The van der Waals surface area contributed by atoms with Gasteiger partial charge in [-0.25, -0.2) is 4.98 Å². The molecule has 0 amide bonds. The number of imidazole rings is 1. The average Bonchev–Trinajstić information content (AvgIpc) is 2.99. The zero-order chi connectivity index (χ0) is 13.0. The van der Waals surface area contributed by atoms with Crippen LogP contribution in [0.4, 0.5) is 0 Å². The maximum absolute atomic E-state index is 5.85. The van der Waals surface area contributed by atoms with Gasteiger partial charge in [0.25, 0.3) is 0 Å². The SMILES string of the molecule is CCCNC(c1ccc(Cl)o1)c1nccn1CC. The first-order valence-electron chi connectivity index (χ1n) is 6.25. The van der Waals surface area contributed by atoms with Crippen molar-refractivity contribution in [3.8, 4) is 0 Å². The second-order valence-corrected chi connectivity index (χ2v) is 4.47. The second kappa shape index (κ2) is 6.07. The van der Waals surface area contributed by atoms with Crippen LogP contribution in [0.3, 0.4) is 0 Å². The van der Waals surface area contributed by atoms with Crippen LogP contribution in [-0.2, 0) is 6.54 Å². The molecule has 0 fully saturated rings. The van der Waals surface area contributed by atoms with Crippen LogP contribution in [0.5, 0.6) is 0 Å². The number of nitrogens with zero attached hydrogens (tertiary/aromatic N) is 2. The van der Waals surface area contributed by atoms with Crippen molar-refractivity contribution in [3.63, 3.8) is 0 Å². The van der Waals surface area contributed by atoms with E-state index in [2.05, 4.69) is 28.7 Å². The molecule has 0 bridgehead atoms. The molecule has 18 heavy (non-hydrogen) atoms. The van der Waals surface area contributed by atoms with E-state index in [4.69, 9.17) is 16.0 Å². The minimum Gasteiger partial charge on any atom is -0.448 e. The Kier molecular flexibility index (Phi) is 4.44. The molecule has 2 rings (SSSR count). The van der Waals surface area contributed by atoms with Crippen LogP contribution in [-0.4, -0.2) is 16.1 Å². The Morgan fingerprint density at radius 2 is 2.28 bits per heavy atom. The monoisotopic (exact) mass is 267 g/mol. The minimum absolute atomic E-state index is 0.0487. The van der Waals surface area contributed by atoms with Crippen molar-refractivity contribution >= 4 is 11.6 Å². The Balaban J connectivity index is 2.30. The van der Waals surface area contributed by atoms with Crippen LogP contribution in [0, 0.1) is 0 Å². The smallest absolute Gasteiger partial charge is 0.193 e. The van der Waals surface area contributed by atoms with Crippen LogP contribution in [0.1, 0.15) is 37.9 Å². The quantitative estimate of drug-likeness (QED) is 0.874. The van der Waals surface area contributed by atoms with E-state index < -0.39 is 0 Å². The summed E-state index contributed by atoms with van der Waals surface area (Å²) in [5.74, 6) is 1.76. The van der Waals surface area contributed by atoms with Crippen LogP contribution >= 0.6 is 11.6 Å². The summed E-state index contributed by atoms with van der Waals surface area (Å²) in [5, 5.41) is 3.85. The Morgan fingerprint density at radius 1 is 1.44 bits per heavy atom. The van der Waals surface area contributed by atoms with Crippen molar-refractivity contribution in [1.82, 2.24) is 14.9 Å².